The zero-order chi connectivity index (χ0) is 7.40. The van der Waals surface area contributed by atoms with Crippen LogP contribution in [0.2, 0.25) is 6.04 Å². The molecule has 1 heterocycles. The van der Waals surface area contributed by atoms with Crippen molar-refractivity contribution in [3.05, 3.63) is 0 Å². The highest BCUT2D eigenvalue weighted by atomic mass is 28.2. The molecule has 0 amide bonds. The third-order valence-corrected chi connectivity index (χ3v) is 3.44. The van der Waals surface area contributed by atoms with Crippen LogP contribution >= 0.6 is 0 Å². The molecule has 0 spiro atoms. The molecule has 0 aromatic carbocycles. The Morgan fingerprint density at radius 3 is 2.70 bits per heavy atom. The van der Waals surface area contributed by atoms with Crippen molar-refractivity contribution in [2.45, 2.75) is 31.7 Å². The zero-order valence-corrected chi connectivity index (χ0v) is 7.47. The second-order valence-electron chi connectivity index (χ2n) is 2.78. The lowest BCUT2D eigenvalue weighted by Gasteiger charge is -2.04. The first-order valence-electron chi connectivity index (χ1n) is 3.82. The number of hydrogen-bond donors (Lipinski definition) is 0. The summed E-state index contributed by atoms with van der Waals surface area (Å²) in [6.07, 6.45) is 2.81. The normalized spacial score (nSPS) is 24.4. The van der Waals surface area contributed by atoms with Gasteiger partial charge in [0, 0.05) is 19.3 Å². The fourth-order valence-corrected chi connectivity index (χ4v) is 2.68. The van der Waals surface area contributed by atoms with Gasteiger partial charge in [-0.2, -0.15) is 0 Å². The maximum Gasteiger partial charge on any atom is 0.132 e. The number of ketones is 1. The van der Waals surface area contributed by atoms with E-state index in [1.807, 2.05) is 0 Å². The molecular weight excluding hydrogens is 144 g/mol. The maximum absolute atomic E-state index is 10.9. The monoisotopic (exact) mass is 156 g/mol. The molecule has 0 bridgehead atoms. The minimum atomic E-state index is -0.516. The molecule has 1 fully saturated rings. The standard InChI is InChI=1S/C7H12O2Si/c8-6-2-1-3-7(9)10-5-4-6/h1-5,10H2. The Balaban J connectivity index is 2.34. The Kier molecular flexibility index (Phi) is 2.80. The Morgan fingerprint density at radius 1 is 1.10 bits per heavy atom. The lowest BCUT2D eigenvalue weighted by molar-refractivity contribution is -0.119. The van der Waals surface area contributed by atoms with Gasteiger partial charge in [-0.25, -0.2) is 0 Å². The molecule has 1 aliphatic heterocycles. The van der Waals surface area contributed by atoms with E-state index in [9.17, 15) is 9.59 Å². The number of carbonyl (C=O) groups excluding carboxylic acids is 2. The number of rotatable bonds is 0. The molecule has 0 aliphatic carbocycles. The second-order valence-corrected chi connectivity index (χ2v) is 4.78. The van der Waals surface area contributed by atoms with Gasteiger partial charge >= 0.3 is 0 Å². The Labute approximate surface area is 62.8 Å². The summed E-state index contributed by atoms with van der Waals surface area (Å²) in [7, 11) is -0.516. The van der Waals surface area contributed by atoms with Crippen molar-refractivity contribution in [1.82, 2.24) is 0 Å². The summed E-state index contributed by atoms with van der Waals surface area (Å²) >= 11 is 0. The quantitative estimate of drug-likeness (QED) is 0.471. The minimum Gasteiger partial charge on any atom is -0.306 e. The summed E-state index contributed by atoms with van der Waals surface area (Å²) in [5.41, 5.74) is 0. The molecule has 2 nitrogen and oxygen atoms in total. The van der Waals surface area contributed by atoms with Gasteiger partial charge in [0.05, 0.1) is 0 Å². The average molecular weight is 156 g/mol. The third kappa shape index (κ3) is 2.43. The highest BCUT2D eigenvalue weighted by Gasteiger charge is 2.10. The maximum atomic E-state index is 10.9. The Morgan fingerprint density at radius 2 is 1.90 bits per heavy atom. The Bertz CT molecular complexity index is 124. The van der Waals surface area contributed by atoms with Crippen molar-refractivity contribution >= 4 is 20.7 Å². The van der Waals surface area contributed by atoms with Crippen molar-refractivity contribution in [2.75, 3.05) is 0 Å². The SMILES string of the molecule is O=C1CCCC(=O)[SiH2]CC1. The van der Waals surface area contributed by atoms with Crippen LogP contribution in [0.25, 0.3) is 0 Å². The van der Waals surface area contributed by atoms with Crippen LogP contribution in [0.5, 0.6) is 0 Å². The van der Waals surface area contributed by atoms with Gasteiger partial charge in [-0.3, -0.25) is 4.79 Å². The summed E-state index contributed by atoms with van der Waals surface area (Å²) in [6.45, 7) is 0. The van der Waals surface area contributed by atoms with Gasteiger partial charge in [0.25, 0.3) is 0 Å². The first-order valence-corrected chi connectivity index (χ1v) is 5.53. The van der Waals surface area contributed by atoms with E-state index in [2.05, 4.69) is 0 Å². The number of carbonyl (C=O) groups is 2. The van der Waals surface area contributed by atoms with Crippen LogP contribution in [0.3, 0.4) is 0 Å². The molecule has 10 heavy (non-hydrogen) atoms. The van der Waals surface area contributed by atoms with Gasteiger partial charge in [-0.1, -0.05) is 0 Å². The van der Waals surface area contributed by atoms with Crippen LogP contribution < -0.4 is 0 Å². The average Bonchev–Trinajstić information content (AvgIpc) is 1.84. The number of Topliss-reactive ketones (excluding diaryl/α,β-unsaturated/α-hetero) is 1. The molecule has 3 heteroatoms. The summed E-state index contributed by atoms with van der Waals surface area (Å²) in [6, 6.07) is 0.914. The van der Waals surface area contributed by atoms with Crippen LogP contribution in [-0.4, -0.2) is 20.7 Å². The Hall–Kier alpha value is -0.443. The van der Waals surface area contributed by atoms with Gasteiger partial charge in [0.1, 0.15) is 20.7 Å². The van der Waals surface area contributed by atoms with E-state index in [0.29, 0.717) is 30.5 Å². The highest BCUT2D eigenvalue weighted by Crippen LogP contribution is 2.06. The highest BCUT2D eigenvalue weighted by molar-refractivity contribution is 6.74. The van der Waals surface area contributed by atoms with Gasteiger partial charge in [-0.15, -0.1) is 0 Å². The molecule has 1 rings (SSSR count). The summed E-state index contributed by atoms with van der Waals surface area (Å²) in [5, 5.41) is 0.465. The van der Waals surface area contributed by atoms with E-state index in [1.54, 1.807) is 0 Å². The van der Waals surface area contributed by atoms with Crippen molar-refractivity contribution in [3.63, 3.8) is 0 Å². The van der Waals surface area contributed by atoms with Gasteiger partial charge in [-0.05, 0) is 12.5 Å². The first kappa shape index (κ1) is 7.66. The van der Waals surface area contributed by atoms with Crippen LogP contribution in [0.1, 0.15) is 25.7 Å². The van der Waals surface area contributed by atoms with Crippen molar-refractivity contribution in [3.8, 4) is 0 Å². The molecule has 0 radical (unpaired) electrons. The lowest BCUT2D eigenvalue weighted by atomic mass is 10.1. The third-order valence-electron chi connectivity index (χ3n) is 1.82. The molecule has 0 aromatic heterocycles. The topological polar surface area (TPSA) is 34.1 Å². The molecule has 0 N–H and O–H groups in total. The van der Waals surface area contributed by atoms with Gasteiger partial charge in [0.15, 0.2) is 0 Å². The summed E-state index contributed by atoms with van der Waals surface area (Å²) in [4.78, 5) is 21.7. The summed E-state index contributed by atoms with van der Waals surface area (Å²) < 4.78 is 0. The van der Waals surface area contributed by atoms with Crippen LogP contribution in [-0.2, 0) is 9.59 Å². The lowest BCUT2D eigenvalue weighted by Crippen LogP contribution is -2.14. The zero-order valence-electron chi connectivity index (χ0n) is 6.06. The predicted molar refractivity (Wildman–Crippen MR) is 41.8 cm³/mol. The largest absolute Gasteiger partial charge is 0.306 e. The van der Waals surface area contributed by atoms with Gasteiger partial charge < -0.3 is 4.79 Å². The molecule has 1 aliphatic rings. The van der Waals surface area contributed by atoms with E-state index in [-0.39, 0.29) is 0 Å². The fourth-order valence-electron chi connectivity index (χ4n) is 1.22. The molecule has 1 saturated heterocycles. The van der Waals surface area contributed by atoms with E-state index in [1.165, 1.54) is 0 Å². The van der Waals surface area contributed by atoms with Crippen LogP contribution in [0.15, 0.2) is 0 Å². The van der Waals surface area contributed by atoms with Gasteiger partial charge in [0.2, 0.25) is 0 Å². The first-order chi connectivity index (χ1) is 4.79. The smallest absolute Gasteiger partial charge is 0.132 e. The van der Waals surface area contributed by atoms with E-state index < -0.39 is 9.52 Å². The molecule has 0 saturated carbocycles. The minimum absolute atomic E-state index is 0.361. The number of hydrogen-bond acceptors (Lipinski definition) is 2. The molecular formula is C7H12O2Si. The molecule has 0 atom stereocenters. The van der Waals surface area contributed by atoms with Crippen molar-refractivity contribution < 1.29 is 9.59 Å². The second kappa shape index (κ2) is 3.66. The van der Waals surface area contributed by atoms with Crippen molar-refractivity contribution in [2.24, 2.45) is 0 Å². The molecule has 0 unspecified atom stereocenters. The van der Waals surface area contributed by atoms with Crippen LogP contribution in [0.4, 0.5) is 0 Å². The van der Waals surface area contributed by atoms with Crippen molar-refractivity contribution in [1.29, 1.82) is 0 Å². The van der Waals surface area contributed by atoms with E-state index >= 15 is 0 Å². The van der Waals surface area contributed by atoms with Crippen LogP contribution in [0, 0.1) is 0 Å². The predicted octanol–water partition coefficient (Wildman–Crippen LogP) is 0.243. The fraction of sp³-hybridized carbons (Fsp3) is 0.714. The van der Waals surface area contributed by atoms with E-state index in [4.69, 9.17) is 0 Å². The van der Waals surface area contributed by atoms with E-state index in [0.717, 1.165) is 12.5 Å². The summed E-state index contributed by atoms with van der Waals surface area (Å²) in [5.74, 6) is 0.361. The molecule has 0 aromatic rings. The molecule has 56 valence electrons.